The second-order valence-corrected chi connectivity index (χ2v) is 5.42. The number of aromatic nitrogens is 1. The van der Waals surface area contributed by atoms with Crippen molar-refractivity contribution in [3.8, 4) is 0 Å². The van der Waals surface area contributed by atoms with Gasteiger partial charge in [-0.25, -0.2) is 4.98 Å². The summed E-state index contributed by atoms with van der Waals surface area (Å²) in [6, 6.07) is 9.73. The first kappa shape index (κ1) is 14.3. The zero-order valence-corrected chi connectivity index (χ0v) is 12.4. The monoisotopic (exact) mass is 272 g/mol. The van der Waals surface area contributed by atoms with Gasteiger partial charge in [-0.05, 0) is 33.3 Å². The van der Waals surface area contributed by atoms with Gasteiger partial charge in [0.1, 0.15) is 5.76 Å². The zero-order chi connectivity index (χ0) is 14.8. The average Bonchev–Trinajstić information content (AvgIpc) is 2.76. The summed E-state index contributed by atoms with van der Waals surface area (Å²) in [5.41, 5.74) is 1.26. The van der Waals surface area contributed by atoms with Gasteiger partial charge in [-0.2, -0.15) is 0 Å². The highest BCUT2D eigenvalue weighted by Crippen LogP contribution is 2.23. The topological polar surface area (TPSA) is 55.1 Å². The van der Waals surface area contributed by atoms with Gasteiger partial charge in [0, 0.05) is 0 Å². The van der Waals surface area contributed by atoms with E-state index in [0.29, 0.717) is 12.4 Å². The summed E-state index contributed by atoms with van der Waals surface area (Å²) in [6.45, 7) is 7.87. The average molecular weight is 272 g/mol. The van der Waals surface area contributed by atoms with Crippen molar-refractivity contribution in [2.75, 3.05) is 0 Å². The molecule has 1 aromatic carbocycles. The molecule has 0 fully saturated rings. The molecule has 20 heavy (non-hydrogen) atoms. The van der Waals surface area contributed by atoms with Crippen LogP contribution in [-0.4, -0.2) is 10.9 Å². The van der Waals surface area contributed by atoms with E-state index in [9.17, 15) is 4.79 Å². The number of nitrogens with zero attached hydrogens (tertiary/aromatic N) is 1. The lowest BCUT2D eigenvalue weighted by Gasteiger charge is -2.23. The van der Waals surface area contributed by atoms with Crippen molar-refractivity contribution in [2.45, 2.75) is 39.7 Å². The van der Waals surface area contributed by atoms with Gasteiger partial charge in [0.05, 0.1) is 17.7 Å². The van der Waals surface area contributed by atoms with Crippen LogP contribution in [0.25, 0.3) is 0 Å². The van der Waals surface area contributed by atoms with Crippen molar-refractivity contribution in [3.63, 3.8) is 0 Å². The van der Waals surface area contributed by atoms with Crippen LogP contribution in [0.3, 0.4) is 0 Å². The van der Waals surface area contributed by atoms with Crippen LogP contribution in [0.5, 0.6) is 0 Å². The molecule has 0 aliphatic rings. The number of hydrogen-bond donors (Lipinski definition) is 1. The molecule has 0 aliphatic heterocycles. The van der Waals surface area contributed by atoms with Crippen LogP contribution in [0.1, 0.15) is 36.8 Å². The minimum atomic E-state index is -0.585. The Kier molecular flexibility index (Phi) is 3.93. The highest BCUT2D eigenvalue weighted by Gasteiger charge is 2.29. The number of carbonyl (C=O) groups is 1. The van der Waals surface area contributed by atoms with Crippen molar-refractivity contribution in [3.05, 3.63) is 53.2 Å². The third kappa shape index (κ3) is 2.90. The molecule has 0 radical (unpaired) electrons. The Morgan fingerprint density at radius 3 is 2.45 bits per heavy atom. The van der Waals surface area contributed by atoms with Gasteiger partial charge in [-0.1, -0.05) is 30.3 Å². The van der Waals surface area contributed by atoms with Gasteiger partial charge >= 0.3 is 0 Å². The van der Waals surface area contributed by atoms with Crippen LogP contribution in [-0.2, 0) is 16.8 Å². The second-order valence-electron chi connectivity index (χ2n) is 5.42. The maximum absolute atomic E-state index is 12.3. The summed E-state index contributed by atoms with van der Waals surface area (Å²) in [6.07, 6.45) is 0. The van der Waals surface area contributed by atoms with E-state index < -0.39 is 5.41 Å². The molecule has 1 amide bonds. The summed E-state index contributed by atoms with van der Waals surface area (Å²) < 4.78 is 5.46. The maximum Gasteiger partial charge on any atom is 0.230 e. The minimum Gasteiger partial charge on any atom is -0.444 e. The first-order chi connectivity index (χ1) is 9.41. The highest BCUT2D eigenvalue weighted by atomic mass is 16.4. The van der Waals surface area contributed by atoms with Crippen LogP contribution in [0.2, 0.25) is 0 Å². The van der Waals surface area contributed by atoms with Crippen LogP contribution in [0, 0.1) is 13.8 Å². The molecule has 0 unspecified atom stereocenters. The summed E-state index contributed by atoms with van der Waals surface area (Å²) in [4.78, 5) is 16.6. The number of hydrogen-bond acceptors (Lipinski definition) is 3. The maximum atomic E-state index is 12.3. The first-order valence-electron chi connectivity index (χ1n) is 6.68. The molecule has 4 heteroatoms. The quantitative estimate of drug-likeness (QED) is 0.931. The molecule has 106 valence electrons. The fourth-order valence-corrected chi connectivity index (χ4v) is 1.98. The molecule has 0 spiro atoms. The fourth-order valence-electron chi connectivity index (χ4n) is 1.98. The molecule has 0 bridgehead atoms. The van der Waals surface area contributed by atoms with Crippen LogP contribution >= 0.6 is 0 Å². The lowest BCUT2D eigenvalue weighted by Crippen LogP contribution is -2.39. The Bertz CT molecular complexity index is 581. The molecule has 0 atom stereocenters. The molecule has 1 heterocycles. The van der Waals surface area contributed by atoms with E-state index in [-0.39, 0.29) is 5.91 Å². The van der Waals surface area contributed by atoms with Gasteiger partial charge in [-0.3, -0.25) is 4.79 Å². The predicted molar refractivity (Wildman–Crippen MR) is 77.3 cm³/mol. The van der Waals surface area contributed by atoms with E-state index in [1.54, 1.807) is 0 Å². The van der Waals surface area contributed by atoms with Gasteiger partial charge in [0.15, 0.2) is 0 Å². The number of aryl methyl sites for hydroxylation is 2. The Labute approximate surface area is 119 Å². The fraction of sp³-hybridized carbons (Fsp3) is 0.375. The van der Waals surface area contributed by atoms with Gasteiger partial charge in [-0.15, -0.1) is 0 Å². The minimum absolute atomic E-state index is 0.0443. The lowest BCUT2D eigenvalue weighted by molar-refractivity contribution is -0.125. The SMILES string of the molecule is Cc1nc(CNC(=O)C(C)(C)c2ccccc2)oc1C. The third-order valence-corrected chi connectivity index (χ3v) is 3.54. The molecule has 0 aliphatic carbocycles. The number of amides is 1. The molecule has 1 N–H and O–H groups in total. The van der Waals surface area contributed by atoms with Crippen molar-refractivity contribution in [1.82, 2.24) is 10.3 Å². The highest BCUT2D eigenvalue weighted by molar-refractivity contribution is 5.87. The number of carbonyl (C=O) groups excluding carboxylic acids is 1. The largest absolute Gasteiger partial charge is 0.444 e. The molecular formula is C16H20N2O2. The molecule has 4 nitrogen and oxygen atoms in total. The van der Waals surface area contributed by atoms with E-state index in [2.05, 4.69) is 10.3 Å². The lowest BCUT2D eigenvalue weighted by atomic mass is 9.84. The van der Waals surface area contributed by atoms with E-state index >= 15 is 0 Å². The zero-order valence-electron chi connectivity index (χ0n) is 12.4. The summed E-state index contributed by atoms with van der Waals surface area (Å²) in [7, 11) is 0. The van der Waals surface area contributed by atoms with E-state index in [0.717, 1.165) is 17.0 Å². The summed E-state index contributed by atoms with van der Waals surface area (Å²) >= 11 is 0. The molecular weight excluding hydrogens is 252 g/mol. The number of nitrogens with one attached hydrogen (secondary N) is 1. The standard InChI is InChI=1S/C16H20N2O2/c1-11-12(2)20-14(18-11)10-17-15(19)16(3,4)13-8-6-5-7-9-13/h5-9H,10H2,1-4H3,(H,17,19). The normalized spacial score (nSPS) is 11.4. The molecule has 0 saturated carbocycles. The number of oxazole rings is 1. The van der Waals surface area contributed by atoms with Crippen LogP contribution in [0.4, 0.5) is 0 Å². The Morgan fingerprint density at radius 2 is 1.90 bits per heavy atom. The van der Waals surface area contributed by atoms with Crippen LogP contribution < -0.4 is 5.32 Å². The first-order valence-corrected chi connectivity index (χ1v) is 6.68. The van der Waals surface area contributed by atoms with Crippen molar-refractivity contribution in [1.29, 1.82) is 0 Å². The number of rotatable bonds is 4. The van der Waals surface area contributed by atoms with Crippen molar-refractivity contribution < 1.29 is 9.21 Å². The Morgan fingerprint density at radius 1 is 1.25 bits per heavy atom. The second kappa shape index (κ2) is 5.49. The van der Waals surface area contributed by atoms with Gasteiger partial charge in [0.25, 0.3) is 0 Å². The Hall–Kier alpha value is -2.10. The Balaban J connectivity index is 2.04. The smallest absolute Gasteiger partial charge is 0.230 e. The summed E-state index contributed by atoms with van der Waals surface area (Å²) in [5.74, 6) is 1.28. The van der Waals surface area contributed by atoms with E-state index in [4.69, 9.17) is 4.42 Å². The molecule has 1 aromatic heterocycles. The molecule has 2 rings (SSSR count). The van der Waals surface area contributed by atoms with E-state index in [1.807, 2.05) is 58.0 Å². The molecule has 0 saturated heterocycles. The van der Waals surface area contributed by atoms with Crippen molar-refractivity contribution in [2.24, 2.45) is 0 Å². The van der Waals surface area contributed by atoms with Gasteiger partial charge in [0.2, 0.25) is 11.8 Å². The van der Waals surface area contributed by atoms with E-state index in [1.165, 1.54) is 0 Å². The van der Waals surface area contributed by atoms with Gasteiger partial charge < -0.3 is 9.73 Å². The van der Waals surface area contributed by atoms with Crippen molar-refractivity contribution >= 4 is 5.91 Å². The van der Waals surface area contributed by atoms with Crippen LogP contribution in [0.15, 0.2) is 34.7 Å². The molecule has 2 aromatic rings. The summed E-state index contributed by atoms with van der Waals surface area (Å²) in [5, 5.41) is 2.88. The number of benzene rings is 1. The third-order valence-electron chi connectivity index (χ3n) is 3.54. The predicted octanol–water partition coefficient (Wildman–Crippen LogP) is 2.89.